The molecule has 0 saturated carbocycles. The molecule has 1 amide bonds. The van der Waals surface area contributed by atoms with Crippen molar-refractivity contribution in [3.05, 3.63) is 88.0 Å². The molecule has 0 aliphatic carbocycles. The molecule has 1 aliphatic heterocycles. The number of methoxy groups -OCH3 is 2. The van der Waals surface area contributed by atoms with Crippen LogP contribution in [0.1, 0.15) is 46.2 Å². The Morgan fingerprint density at radius 1 is 1.18 bits per heavy atom. The van der Waals surface area contributed by atoms with Gasteiger partial charge in [-0.15, -0.1) is 0 Å². The van der Waals surface area contributed by atoms with Gasteiger partial charge in [-0.25, -0.2) is 9.37 Å². The summed E-state index contributed by atoms with van der Waals surface area (Å²) in [5.41, 5.74) is 9.76. The van der Waals surface area contributed by atoms with Crippen LogP contribution >= 0.6 is 11.6 Å². The number of nitrogen functional groups attached to an aromatic ring is 1. The number of hydrogen-bond acceptors (Lipinski definition) is 7. The van der Waals surface area contributed by atoms with Gasteiger partial charge in [0.15, 0.2) is 0 Å². The number of fused-ring (bicyclic) bond motifs is 1. The van der Waals surface area contributed by atoms with Crippen molar-refractivity contribution in [3.8, 4) is 23.2 Å². The predicted octanol–water partition coefficient (Wildman–Crippen LogP) is 5.16. The number of nitriles is 1. The molecule has 0 bridgehead atoms. The van der Waals surface area contributed by atoms with E-state index in [1.165, 1.54) is 25.3 Å². The second kappa shape index (κ2) is 10.4. The lowest BCUT2D eigenvalue weighted by molar-refractivity contribution is 0.0993. The summed E-state index contributed by atoms with van der Waals surface area (Å²) >= 11 is 6.12. The molecule has 1 aliphatic rings. The highest BCUT2D eigenvalue weighted by Gasteiger charge is 2.44. The zero-order chi connectivity index (χ0) is 27.8. The number of ether oxygens (including phenoxy) is 2. The largest absolute Gasteiger partial charge is 0.480 e. The molecule has 3 heterocycles. The molecule has 2 aromatic heterocycles. The fourth-order valence-corrected chi connectivity index (χ4v) is 5.19. The number of aromatic nitrogens is 3. The molecule has 198 valence electrons. The molecule has 2 aromatic carbocycles. The fourth-order valence-electron chi connectivity index (χ4n) is 5.02. The fraction of sp³-hybridized carbons (Fsp3) is 0.214. The summed E-state index contributed by atoms with van der Waals surface area (Å²) in [6.07, 6.45) is 1.56. The number of benzene rings is 2. The second-order valence-electron chi connectivity index (χ2n) is 9.06. The topological polar surface area (TPSA) is 119 Å². The number of rotatable bonds is 7. The number of carbonyl (C=O) groups is 1. The molecule has 0 radical (unpaired) electrons. The standard InChI is InChI=1S/C28H24ClFN6O3/c1-15(14-38-2)35-23(20-13-33-28(32)34-26(20)39-3)11-19-25(35)24(17-6-4-16(12-31)5-7-17)36(27(19)37)18-8-9-22(30)21(29)10-18/h4-11,13,15,24H,14H2,1-3H3,(H2,32,33,34). The quantitative estimate of drug-likeness (QED) is 0.340. The Bertz CT molecular complexity index is 1620. The number of hydrogen-bond donors (Lipinski definition) is 1. The van der Waals surface area contributed by atoms with E-state index in [1.54, 1.807) is 48.5 Å². The maximum Gasteiger partial charge on any atom is 0.261 e. The highest BCUT2D eigenvalue weighted by Crippen LogP contribution is 2.47. The van der Waals surface area contributed by atoms with E-state index in [1.807, 2.05) is 11.5 Å². The third-order valence-electron chi connectivity index (χ3n) is 6.67. The molecule has 2 unspecified atom stereocenters. The van der Waals surface area contributed by atoms with E-state index >= 15 is 0 Å². The van der Waals surface area contributed by atoms with Gasteiger partial charge in [-0.3, -0.25) is 9.69 Å². The smallest absolute Gasteiger partial charge is 0.261 e. The Labute approximate surface area is 229 Å². The number of carbonyl (C=O) groups excluding carboxylic acids is 1. The first-order valence-electron chi connectivity index (χ1n) is 12.0. The summed E-state index contributed by atoms with van der Waals surface area (Å²) in [6, 6.07) is 14.2. The average molecular weight is 547 g/mol. The normalized spacial score (nSPS) is 15.2. The van der Waals surface area contributed by atoms with Gasteiger partial charge in [0.25, 0.3) is 5.91 Å². The zero-order valence-electron chi connectivity index (χ0n) is 21.4. The first kappa shape index (κ1) is 26.2. The van der Waals surface area contributed by atoms with Crippen LogP contribution in [0.4, 0.5) is 16.0 Å². The zero-order valence-corrected chi connectivity index (χ0v) is 22.1. The third-order valence-corrected chi connectivity index (χ3v) is 6.96. The molecular formula is C28H24ClFN6O3. The maximum absolute atomic E-state index is 14.1. The van der Waals surface area contributed by atoms with Gasteiger partial charge in [-0.2, -0.15) is 10.2 Å². The van der Waals surface area contributed by atoms with E-state index in [2.05, 4.69) is 16.0 Å². The Hall–Kier alpha value is -4.46. The van der Waals surface area contributed by atoms with Gasteiger partial charge in [-0.05, 0) is 48.9 Å². The number of nitrogens with two attached hydrogens (primary N) is 1. The minimum atomic E-state index is -0.629. The summed E-state index contributed by atoms with van der Waals surface area (Å²) in [7, 11) is 3.08. The van der Waals surface area contributed by atoms with E-state index in [0.29, 0.717) is 40.4 Å². The van der Waals surface area contributed by atoms with Crippen LogP contribution in [0.2, 0.25) is 5.02 Å². The molecular weight excluding hydrogens is 523 g/mol. The molecule has 2 atom stereocenters. The molecule has 4 aromatic rings. The molecule has 39 heavy (non-hydrogen) atoms. The van der Waals surface area contributed by atoms with Crippen LogP contribution in [-0.4, -0.2) is 41.3 Å². The summed E-state index contributed by atoms with van der Waals surface area (Å²) < 4.78 is 27.1. The van der Waals surface area contributed by atoms with E-state index in [0.717, 1.165) is 5.56 Å². The lowest BCUT2D eigenvalue weighted by Gasteiger charge is -2.30. The Morgan fingerprint density at radius 2 is 1.92 bits per heavy atom. The molecule has 0 saturated heterocycles. The summed E-state index contributed by atoms with van der Waals surface area (Å²) in [5.74, 6) is -0.580. The van der Waals surface area contributed by atoms with E-state index in [-0.39, 0.29) is 28.8 Å². The highest BCUT2D eigenvalue weighted by atomic mass is 35.5. The van der Waals surface area contributed by atoms with Crippen LogP contribution in [0, 0.1) is 17.1 Å². The van der Waals surface area contributed by atoms with Crippen molar-refractivity contribution >= 4 is 29.1 Å². The van der Waals surface area contributed by atoms with Crippen LogP contribution in [0.5, 0.6) is 5.88 Å². The van der Waals surface area contributed by atoms with Crippen LogP contribution in [-0.2, 0) is 4.74 Å². The molecule has 9 nitrogen and oxygen atoms in total. The van der Waals surface area contributed by atoms with Gasteiger partial charge >= 0.3 is 0 Å². The average Bonchev–Trinajstić information content (AvgIpc) is 3.45. The minimum absolute atomic E-state index is 0.0529. The van der Waals surface area contributed by atoms with Gasteiger partial charge < -0.3 is 19.8 Å². The van der Waals surface area contributed by atoms with Gasteiger partial charge in [-0.1, -0.05) is 23.7 Å². The van der Waals surface area contributed by atoms with Crippen molar-refractivity contribution in [3.63, 3.8) is 0 Å². The molecule has 2 N–H and O–H groups in total. The Balaban J connectivity index is 1.80. The van der Waals surface area contributed by atoms with Gasteiger partial charge in [0.1, 0.15) is 11.9 Å². The second-order valence-corrected chi connectivity index (χ2v) is 9.47. The van der Waals surface area contributed by atoms with Crippen molar-refractivity contribution in [2.75, 3.05) is 31.5 Å². The van der Waals surface area contributed by atoms with Crippen LogP contribution in [0.25, 0.3) is 11.3 Å². The van der Waals surface area contributed by atoms with E-state index < -0.39 is 11.9 Å². The van der Waals surface area contributed by atoms with Gasteiger partial charge in [0, 0.05) is 19.0 Å². The van der Waals surface area contributed by atoms with Crippen LogP contribution < -0.4 is 15.4 Å². The lowest BCUT2D eigenvalue weighted by Crippen LogP contribution is -2.30. The number of halogens is 2. The first-order valence-corrected chi connectivity index (χ1v) is 12.4. The lowest BCUT2D eigenvalue weighted by atomic mass is 10.0. The van der Waals surface area contributed by atoms with Crippen LogP contribution in [0.3, 0.4) is 0 Å². The maximum atomic E-state index is 14.1. The third kappa shape index (κ3) is 4.46. The Morgan fingerprint density at radius 3 is 2.56 bits per heavy atom. The highest BCUT2D eigenvalue weighted by molar-refractivity contribution is 6.31. The minimum Gasteiger partial charge on any atom is -0.480 e. The van der Waals surface area contributed by atoms with Crippen molar-refractivity contribution in [2.45, 2.75) is 19.0 Å². The Kier molecular flexibility index (Phi) is 6.95. The van der Waals surface area contributed by atoms with E-state index in [9.17, 15) is 14.4 Å². The SMILES string of the molecule is COCC(C)n1c(-c2cnc(N)nc2OC)cc2c1C(c1ccc(C#N)cc1)N(c1ccc(F)c(Cl)c1)C2=O. The monoisotopic (exact) mass is 546 g/mol. The molecule has 11 heteroatoms. The van der Waals surface area contributed by atoms with Crippen molar-refractivity contribution in [1.29, 1.82) is 5.26 Å². The number of anilines is 2. The molecule has 0 fully saturated rings. The molecule has 5 rings (SSSR count). The predicted molar refractivity (Wildman–Crippen MR) is 144 cm³/mol. The number of amides is 1. The summed E-state index contributed by atoms with van der Waals surface area (Å²) in [4.78, 5) is 24.0. The van der Waals surface area contributed by atoms with Gasteiger partial charge in [0.05, 0.1) is 58.9 Å². The van der Waals surface area contributed by atoms with Crippen LogP contribution in [0.15, 0.2) is 54.7 Å². The van der Waals surface area contributed by atoms with Crippen molar-refractivity contribution < 1.29 is 18.7 Å². The van der Waals surface area contributed by atoms with Crippen molar-refractivity contribution in [2.24, 2.45) is 0 Å². The number of nitrogens with zero attached hydrogens (tertiary/aromatic N) is 5. The van der Waals surface area contributed by atoms with Gasteiger partial charge in [0.2, 0.25) is 11.8 Å². The first-order chi connectivity index (χ1) is 18.8. The van der Waals surface area contributed by atoms with E-state index in [4.69, 9.17) is 26.8 Å². The molecule has 0 spiro atoms. The summed E-state index contributed by atoms with van der Waals surface area (Å²) in [6.45, 7) is 2.30. The summed E-state index contributed by atoms with van der Waals surface area (Å²) in [5, 5.41) is 9.24. The van der Waals surface area contributed by atoms with Crippen molar-refractivity contribution in [1.82, 2.24) is 14.5 Å².